The maximum Gasteiger partial charge on any atom is 0.239 e. The number of pyridine rings is 1. The summed E-state index contributed by atoms with van der Waals surface area (Å²) in [5.74, 6) is -0.0402. The maximum absolute atomic E-state index is 11.8. The molecular formula is C16H19N3O. The zero-order valence-corrected chi connectivity index (χ0v) is 11.6. The SMILES string of the molecule is CCc1ccccc1NCC(=O)NCc1ccccn1. The fraction of sp³-hybridized carbons (Fsp3) is 0.250. The Labute approximate surface area is 119 Å². The number of rotatable bonds is 6. The van der Waals surface area contributed by atoms with Gasteiger partial charge >= 0.3 is 0 Å². The van der Waals surface area contributed by atoms with Crippen molar-refractivity contribution in [1.29, 1.82) is 0 Å². The molecule has 1 heterocycles. The quantitative estimate of drug-likeness (QED) is 0.846. The van der Waals surface area contributed by atoms with Crippen molar-refractivity contribution >= 4 is 11.6 Å². The molecule has 2 N–H and O–H groups in total. The van der Waals surface area contributed by atoms with E-state index in [0.717, 1.165) is 17.8 Å². The summed E-state index contributed by atoms with van der Waals surface area (Å²) >= 11 is 0. The molecule has 0 aliphatic heterocycles. The molecule has 0 bridgehead atoms. The molecule has 104 valence electrons. The number of hydrogen-bond acceptors (Lipinski definition) is 3. The minimum absolute atomic E-state index is 0.0402. The molecule has 4 nitrogen and oxygen atoms in total. The Hall–Kier alpha value is -2.36. The van der Waals surface area contributed by atoms with Crippen molar-refractivity contribution in [2.75, 3.05) is 11.9 Å². The lowest BCUT2D eigenvalue weighted by Gasteiger charge is -2.10. The molecule has 0 atom stereocenters. The third-order valence-corrected chi connectivity index (χ3v) is 3.03. The predicted octanol–water partition coefficient (Wildman–Crippen LogP) is 2.37. The van der Waals surface area contributed by atoms with Gasteiger partial charge in [-0.1, -0.05) is 31.2 Å². The van der Waals surface area contributed by atoms with E-state index in [1.165, 1.54) is 5.56 Å². The fourth-order valence-electron chi connectivity index (χ4n) is 1.93. The molecule has 2 rings (SSSR count). The topological polar surface area (TPSA) is 54.0 Å². The predicted molar refractivity (Wildman–Crippen MR) is 80.4 cm³/mol. The molecule has 0 spiro atoms. The van der Waals surface area contributed by atoms with Gasteiger partial charge in [0.2, 0.25) is 5.91 Å². The number of hydrogen-bond donors (Lipinski definition) is 2. The molecule has 0 saturated heterocycles. The molecule has 1 amide bonds. The number of anilines is 1. The van der Waals surface area contributed by atoms with E-state index in [-0.39, 0.29) is 12.5 Å². The van der Waals surface area contributed by atoms with Gasteiger partial charge in [0, 0.05) is 11.9 Å². The Kier molecular flexibility index (Phi) is 5.12. The Balaban J connectivity index is 1.80. The van der Waals surface area contributed by atoms with Gasteiger partial charge in [-0.3, -0.25) is 9.78 Å². The highest BCUT2D eigenvalue weighted by Gasteiger charge is 2.03. The van der Waals surface area contributed by atoms with Crippen molar-refractivity contribution < 1.29 is 4.79 Å². The molecule has 2 aromatic rings. The van der Waals surface area contributed by atoms with Crippen LogP contribution in [-0.2, 0) is 17.8 Å². The Morgan fingerprint density at radius 1 is 1.15 bits per heavy atom. The third-order valence-electron chi connectivity index (χ3n) is 3.03. The van der Waals surface area contributed by atoms with Gasteiger partial charge in [0.15, 0.2) is 0 Å². The Morgan fingerprint density at radius 3 is 2.70 bits per heavy atom. The first-order chi connectivity index (χ1) is 9.79. The number of benzene rings is 1. The molecule has 0 unspecified atom stereocenters. The van der Waals surface area contributed by atoms with Gasteiger partial charge in [-0.25, -0.2) is 0 Å². The molecule has 0 fully saturated rings. The van der Waals surface area contributed by atoms with E-state index in [2.05, 4.69) is 28.6 Å². The number of nitrogens with one attached hydrogen (secondary N) is 2. The van der Waals surface area contributed by atoms with Crippen LogP contribution < -0.4 is 10.6 Å². The second-order valence-electron chi connectivity index (χ2n) is 4.46. The van der Waals surface area contributed by atoms with Gasteiger partial charge in [0.05, 0.1) is 18.8 Å². The molecule has 1 aromatic carbocycles. The molecule has 0 saturated carbocycles. The molecule has 0 aliphatic carbocycles. The standard InChI is InChI=1S/C16H19N3O/c1-2-13-7-3-4-9-15(13)18-12-16(20)19-11-14-8-5-6-10-17-14/h3-10,18H,2,11-12H2,1H3,(H,19,20). The number of aryl methyl sites for hydroxylation is 1. The van der Waals surface area contributed by atoms with Gasteiger partial charge in [0.1, 0.15) is 0 Å². The van der Waals surface area contributed by atoms with Gasteiger partial charge in [-0.2, -0.15) is 0 Å². The van der Waals surface area contributed by atoms with Gasteiger partial charge < -0.3 is 10.6 Å². The van der Waals surface area contributed by atoms with E-state index < -0.39 is 0 Å². The van der Waals surface area contributed by atoms with Crippen molar-refractivity contribution in [2.24, 2.45) is 0 Å². The zero-order chi connectivity index (χ0) is 14.2. The van der Waals surface area contributed by atoms with E-state index in [9.17, 15) is 4.79 Å². The van der Waals surface area contributed by atoms with Gasteiger partial charge in [-0.15, -0.1) is 0 Å². The lowest BCUT2D eigenvalue weighted by atomic mass is 10.1. The van der Waals surface area contributed by atoms with E-state index in [4.69, 9.17) is 0 Å². The Bertz CT molecular complexity index is 555. The number of carbonyl (C=O) groups excluding carboxylic acids is 1. The van der Waals surface area contributed by atoms with Gasteiger partial charge in [-0.05, 0) is 30.2 Å². The fourth-order valence-corrected chi connectivity index (χ4v) is 1.93. The summed E-state index contributed by atoms with van der Waals surface area (Å²) < 4.78 is 0. The van der Waals surface area contributed by atoms with Crippen LogP contribution in [0.15, 0.2) is 48.7 Å². The first kappa shape index (κ1) is 14.1. The highest BCUT2D eigenvalue weighted by atomic mass is 16.1. The number of aromatic nitrogens is 1. The van der Waals surface area contributed by atoms with E-state index in [1.54, 1.807) is 6.20 Å². The number of amides is 1. The lowest BCUT2D eigenvalue weighted by Crippen LogP contribution is -2.29. The molecule has 1 aromatic heterocycles. The lowest BCUT2D eigenvalue weighted by molar-refractivity contribution is -0.119. The van der Waals surface area contributed by atoms with Crippen LogP contribution in [0.3, 0.4) is 0 Å². The van der Waals surface area contributed by atoms with E-state index in [1.807, 2.05) is 36.4 Å². The zero-order valence-electron chi connectivity index (χ0n) is 11.6. The summed E-state index contributed by atoms with van der Waals surface area (Å²) in [5.41, 5.74) is 3.09. The monoisotopic (exact) mass is 269 g/mol. The van der Waals surface area contributed by atoms with Crippen LogP contribution in [-0.4, -0.2) is 17.4 Å². The van der Waals surface area contributed by atoms with Crippen LogP contribution in [0.4, 0.5) is 5.69 Å². The highest BCUT2D eigenvalue weighted by molar-refractivity contribution is 5.80. The smallest absolute Gasteiger partial charge is 0.239 e. The summed E-state index contributed by atoms with van der Waals surface area (Å²) in [4.78, 5) is 15.9. The van der Waals surface area contributed by atoms with E-state index >= 15 is 0 Å². The summed E-state index contributed by atoms with van der Waals surface area (Å²) in [5, 5.41) is 6.01. The summed E-state index contributed by atoms with van der Waals surface area (Å²) in [7, 11) is 0. The summed E-state index contributed by atoms with van der Waals surface area (Å²) in [6.45, 7) is 2.82. The maximum atomic E-state index is 11.8. The second kappa shape index (κ2) is 7.28. The molecule has 0 radical (unpaired) electrons. The largest absolute Gasteiger partial charge is 0.376 e. The van der Waals surface area contributed by atoms with Crippen molar-refractivity contribution in [3.63, 3.8) is 0 Å². The second-order valence-corrected chi connectivity index (χ2v) is 4.46. The first-order valence-corrected chi connectivity index (χ1v) is 6.78. The molecular weight excluding hydrogens is 250 g/mol. The first-order valence-electron chi connectivity index (χ1n) is 6.78. The van der Waals surface area contributed by atoms with Crippen LogP contribution in [0.2, 0.25) is 0 Å². The number of nitrogens with zero attached hydrogens (tertiary/aromatic N) is 1. The van der Waals surface area contributed by atoms with Crippen LogP contribution in [0, 0.1) is 0 Å². The minimum atomic E-state index is -0.0402. The normalized spacial score (nSPS) is 10.1. The van der Waals surface area contributed by atoms with Crippen LogP contribution >= 0.6 is 0 Å². The average molecular weight is 269 g/mol. The molecule has 0 aliphatic rings. The van der Waals surface area contributed by atoms with Crippen molar-refractivity contribution in [3.8, 4) is 0 Å². The van der Waals surface area contributed by atoms with Crippen LogP contribution in [0.1, 0.15) is 18.2 Å². The van der Waals surface area contributed by atoms with E-state index in [0.29, 0.717) is 6.54 Å². The van der Waals surface area contributed by atoms with Gasteiger partial charge in [0.25, 0.3) is 0 Å². The third kappa shape index (κ3) is 4.09. The molecule has 4 heteroatoms. The van der Waals surface area contributed by atoms with Crippen LogP contribution in [0.25, 0.3) is 0 Å². The highest BCUT2D eigenvalue weighted by Crippen LogP contribution is 2.14. The minimum Gasteiger partial charge on any atom is -0.376 e. The van der Waals surface area contributed by atoms with Crippen LogP contribution in [0.5, 0.6) is 0 Å². The Morgan fingerprint density at radius 2 is 1.95 bits per heavy atom. The van der Waals surface area contributed by atoms with Crippen molar-refractivity contribution in [2.45, 2.75) is 19.9 Å². The van der Waals surface area contributed by atoms with Crippen molar-refractivity contribution in [3.05, 3.63) is 59.9 Å². The average Bonchev–Trinajstić information content (AvgIpc) is 2.52. The summed E-state index contributed by atoms with van der Waals surface area (Å²) in [6, 6.07) is 13.7. The molecule has 20 heavy (non-hydrogen) atoms. The summed E-state index contributed by atoms with van der Waals surface area (Å²) in [6.07, 6.45) is 2.66. The number of carbonyl (C=O) groups is 1. The number of para-hydroxylation sites is 1. The van der Waals surface area contributed by atoms with Crippen molar-refractivity contribution in [1.82, 2.24) is 10.3 Å².